The Kier molecular flexibility index (Phi) is 8.18. The monoisotopic (exact) mass is 310 g/mol. The molecular formula is C17H30N2OS+2. The molecule has 1 aliphatic rings. The highest BCUT2D eigenvalue weighted by Gasteiger charge is 2.13. The highest BCUT2D eigenvalue weighted by molar-refractivity contribution is 7.99. The Hall–Kier alpha value is -0.550. The van der Waals surface area contributed by atoms with Gasteiger partial charge in [-0.15, -0.1) is 11.8 Å². The quantitative estimate of drug-likeness (QED) is 0.509. The zero-order valence-electron chi connectivity index (χ0n) is 13.3. The van der Waals surface area contributed by atoms with Crippen molar-refractivity contribution in [3.8, 4) is 0 Å². The molecule has 1 aromatic rings. The van der Waals surface area contributed by atoms with Crippen LogP contribution in [0, 0.1) is 6.92 Å². The number of quaternary nitrogens is 2. The van der Waals surface area contributed by atoms with Crippen LogP contribution in [-0.4, -0.2) is 51.7 Å². The fourth-order valence-electron chi connectivity index (χ4n) is 2.58. The van der Waals surface area contributed by atoms with E-state index >= 15 is 0 Å². The van der Waals surface area contributed by atoms with Crippen molar-refractivity contribution in [2.45, 2.75) is 24.7 Å². The van der Waals surface area contributed by atoms with E-state index in [1.807, 2.05) is 11.8 Å². The highest BCUT2D eigenvalue weighted by Crippen LogP contribution is 2.19. The van der Waals surface area contributed by atoms with Crippen molar-refractivity contribution in [3.05, 3.63) is 29.8 Å². The summed E-state index contributed by atoms with van der Waals surface area (Å²) in [6.07, 6.45) is 2.65. The Morgan fingerprint density at radius 3 is 2.62 bits per heavy atom. The van der Waals surface area contributed by atoms with E-state index < -0.39 is 0 Å². The van der Waals surface area contributed by atoms with Gasteiger partial charge in [-0.3, -0.25) is 0 Å². The molecule has 1 fully saturated rings. The molecule has 0 aliphatic carbocycles. The van der Waals surface area contributed by atoms with E-state index in [2.05, 4.69) is 36.5 Å². The van der Waals surface area contributed by atoms with Gasteiger partial charge in [-0.1, -0.05) is 17.7 Å². The number of ether oxygens (including phenoxy) is 1. The number of hydrogen-bond donors (Lipinski definition) is 2. The van der Waals surface area contributed by atoms with E-state index in [1.165, 1.54) is 61.8 Å². The van der Waals surface area contributed by atoms with Crippen molar-refractivity contribution >= 4 is 11.8 Å². The summed E-state index contributed by atoms with van der Waals surface area (Å²) >= 11 is 1.98. The number of thioether (sulfide) groups is 1. The molecule has 0 amide bonds. The van der Waals surface area contributed by atoms with Gasteiger partial charge in [0.15, 0.2) is 0 Å². The Bertz CT molecular complexity index is 377. The first-order valence-electron chi connectivity index (χ1n) is 8.27. The predicted octanol–water partition coefficient (Wildman–Crippen LogP) is 0.346. The number of rotatable bonds is 9. The maximum Gasteiger partial charge on any atom is 0.127 e. The summed E-state index contributed by atoms with van der Waals surface area (Å²) in [5.41, 5.74) is 1.34. The molecule has 4 heteroatoms. The lowest BCUT2D eigenvalue weighted by atomic mass is 10.2. The van der Waals surface area contributed by atoms with Gasteiger partial charge in [0.05, 0.1) is 19.8 Å². The molecule has 118 valence electrons. The Labute approximate surface area is 133 Å². The van der Waals surface area contributed by atoms with E-state index in [1.54, 1.807) is 4.90 Å². The predicted molar refractivity (Wildman–Crippen MR) is 89.2 cm³/mol. The van der Waals surface area contributed by atoms with Gasteiger partial charge in [0.1, 0.15) is 26.2 Å². The zero-order valence-corrected chi connectivity index (χ0v) is 14.1. The smallest absolute Gasteiger partial charge is 0.127 e. The lowest BCUT2D eigenvalue weighted by molar-refractivity contribution is -0.919. The van der Waals surface area contributed by atoms with Crippen LogP contribution in [0.5, 0.6) is 0 Å². The van der Waals surface area contributed by atoms with E-state index in [0.29, 0.717) is 0 Å². The van der Waals surface area contributed by atoms with Crippen LogP contribution in [0.4, 0.5) is 0 Å². The minimum Gasteiger partial charge on any atom is -0.370 e. The zero-order chi connectivity index (χ0) is 14.8. The van der Waals surface area contributed by atoms with Crippen LogP contribution < -0.4 is 10.2 Å². The SMILES string of the molecule is Cc1ccc(SCCCC[NH2+]CC[NH+]2CCOCC2)cc1. The lowest BCUT2D eigenvalue weighted by Crippen LogP contribution is -3.16. The van der Waals surface area contributed by atoms with Crippen molar-refractivity contribution in [2.24, 2.45) is 0 Å². The number of nitrogens with two attached hydrogens (primary N) is 1. The van der Waals surface area contributed by atoms with Gasteiger partial charge >= 0.3 is 0 Å². The number of nitrogens with one attached hydrogen (secondary N) is 1. The molecule has 0 radical (unpaired) electrons. The molecule has 1 aromatic carbocycles. The van der Waals surface area contributed by atoms with Crippen molar-refractivity contribution in [1.29, 1.82) is 0 Å². The van der Waals surface area contributed by atoms with Crippen molar-refractivity contribution in [1.82, 2.24) is 0 Å². The molecule has 0 saturated carbocycles. The van der Waals surface area contributed by atoms with Crippen LogP contribution in [0.3, 0.4) is 0 Å². The average molecular weight is 311 g/mol. The summed E-state index contributed by atoms with van der Waals surface area (Å²) in [6, 6.07) is 8.86. The van der Waals surface area contributed by atoms with E-state index in [9.17, 15) is 0 Å². The minimum atomic E-state index is 0.950. The normalized spacial score (nSPS) is 16.2. The fourth-order valence-corrected chi connectivity index (χ4v) is 3.49. The van der Waals surface area contributed by atoms with E-state index in [0.717, 1.165) is 13.2 Å². The molecule has 0 aromatic heterocycles. The molecule has 21 heavy (non-hydrogen) atoms. The summed E-state index contributed by atoms with van der Waals surface area (Å²) < 4.78 is 5.38. The number of unbranched alkanes of at least 4 members (excludes halogenated alkanes) is 1. The highest BCUT2D eigenvalue weighted by atomic mass is 32.2. The molecule has 0 spiro atoms. The number of aryl methyl sites for hydroxylation is 1. The van der Waals surface area contributed by atoms with Crippen LogP contribution >= 0.6 is 11.8 Å². The summed E-state index contributed by atoms with van der Waals surface area (Å²) in [5, 5.41) is 2.49. The van der Waals surface area contributed by atoms with Crippen molar-refractivity contribution < 1.29 is 15.0 Å². The fraction of sp³-hybridized carbons (Fsp3) is 0.647. The Morgan fingerprint density at radius 1 is 1.10 bits per heavy atom. The van der Waals surface area contributed by atoms with Gasteiger partial charge in [-0.25, -0.2) is 0 Å². The summed E-state index contributed by atoms with van der Waals surface area (Å²) in [6.45, 7) is 10.3. The lowest BCUT2D eigenvalue weighted by Gasteiger charge is -2.22. The second-order valence-corrected chi connectivity index (χ2v) is 7.02. The Morgan fingerprint density at radius 2 is 1.86 bits per heavy atom. The van der Waals surface area contributed by atoms with Gasteiger partial charge in [0.25, 0.3) is 0 Å². The summed E-state index contributed by atoms with van der Waals surface area (Å²) in [5.74, 6) is 1.24. The molecule has 3 nitrogen and oxygen atoms in total. The average Bonchev–Trinajstić information content (AvgIpc) is 2.53. The molecule has 1 heterocycles. The van der Waals surface area contributed by atoms with Crippen LogP contribution in [0.25, 0.3) is 0 Å². The third-order valence-corrected chi connectivity index (χ3v) is 5.09. The first kappa shape index (κ1) is 16.8. The second kappa shape index (κ2) is 10.2. The summed E-state index contributed by atoms with van der Waals surface area (Å²) in [7, 11) is 0. The molecule has 1 aliphatic heterocycles. The van der Waals surface area contributed by atoms with Crippen molar-refractivity contribution in [2.75, 3.05) is 51.7 Å². The molecule has 2 rings (SSSR count). The van der Waals surface area contributed by atoms with Gasteiger partial charge in [0.2, 0.25) is 0 Å². The molecular weight excluding hydrogens is 280 g/mol. The van der Waals surface area contributed by atoms with Gasteiger partial charge in [-0.2, -0.15) is 0 Å². The molecule has 1 saturated heterocycles. The molecule has 0 atom stereocenters. The third kappa shape index (κ3) is 7.32. The van der Waals surface area contributed by atoms with Gasteiger partial charge < -0.3 is 15.0 Å². The summed E-state index contributed by atoms with van der Waals surface area (Å²) in [4.78, 5) is 3.12. The Balaban J connectivity index is 1.40. The van der Waals surface area contributed by atoms with Crippen LogP contribution in [0.1, 0.15) is 18.4 Å². The molecule has 0 bridgehead atoms. The molecule has 0 unspecified atom stereocenters. The number of morpholine rings is 1. The van der Waals surface area contributed by atoms with Crippen LogP contribution in [-0.2, 0) is 4.74 Å². The first-order valence-corrected chi connectivity index (χ1v) is 9.25. The minimum absolute atomic E-state index is 0.950. The van der Waals surface area contributed by atoms with Gasteiger partial charge in [0, 0.05) is 4.90 Å². The maximum absolute atomic E-state index is 5.38. The van der Waals surface area contributed by atoms with Crippen molar-refractivity contribution in [3.63, 3.8) is 0 Å². The largest absolute Gasteiger partial charge is 0.370 e. The first-order chi connectivity index (χ1) is 10.3. The van der Waals surface area contributed by atoms with Gasteiger partial charge in [-0.05, 0) is 37.7 Å². The second-order valence-electron chi connectivity index (χ2n) is 5.85. The topological polar surface area (TPSA) is 30.3 Å². The van der Waals surface area contributed by atoms with E-state index in [-0.39, 0.29) is 0 Å². The van der Waals surface area contributed by atoms with E-state index in [4.69, 9.17) is 4.74 Å². The third-order valence-electron chi connectivity index (χ3n) is 3.99. The number of benzene rings is 1. The van der Waals surface area contributed by atoms with Crippen LogP contribution in [0.2, 0.25) is 0 Å². The maximum atomic E-state index is 5.38. The van der Waals surface area contributed by atoms with Crippen LogP contribution in [0.15, 0.2) is 29.2 Å². The number of hydrogen-bond acceptors (Lipinski definition) is 2. The standard InChI is InChI=1S/C17H28N2OS/c1-16-4-6-17(7-5-16)21-15-3-2-8-18-9-10-19-11-13-20-14-12-19/h4-7,18H,2-3,8-15H2,1H3/p+2. The molecule has 3 N–H and O–H groups in total.